The second kappa shape index (κ2) is 23.0. The number of amides is 2. The normalized spacial score (nSPS) is 10.9. The maximum atomic E-state index is 13.8. The van der Waals surface area contributed by atoms with Crippen LogP contribution in [0.4, 0.5) is 27.1 Å². The predicted octanol–water partition coefficient (Wildman–Crippen LogP) is 7.18. The number of aryl methyl sites for hydroxylation is 2. The van der Waals surface area contributed by atoms with Crippen LogP contribution in [0.5, 0.6) is 0 Å². The van der Waals surface area contributed by atoms with Crippen molar-refractivity contribution in [2.75, 3.05) is 77.2 Å². The van der Waals surface area contributed by atoms with Crippen LogP contribution >= 0.6 is 56.8 Å². The molecule has 0 aliphatic rings. The Labute approximate surface area is 344 Å². The maximum absolute atomic E-state index is 13.8. The largest absolute Gasteiger partial charge is 0.395 e. The van der Waals surface area contributed by atoms with E-state index in [1.165, 1.54) is 15.7 Å². The Morgan fingerprint density at radius 1 is 0.679 bits per heavy atom. The Kier molecular flexibility index (Phi) is 19.2. The number of nitrogens with zero attached hydrogens (tertiary/aromatic N) is 2. The summed E-state index contributed by atoms with van der Waals surface area (Å²) in [6.07, 6.45) is 0.901. The molecule has 14 heteroatoms. The highest BCUT2D eigenvalue weighted by Gasteiger charge is 2.15. The van der Waals surface area contributed by atoms with Crippen molar-refractivity contribution in [1.82, 2.24) is 20.4 Å². The molecule has 0 fully saturated rings. The number of nitrogens with one attached hydrogen (secondary N) is 4. The molecule has 286 valence electrons. The van der Waals surface area contributed by atoms with Gasteiger partial charge in [0.25, 0.3) is 11.8 Å². The van der Waals surface area contributed by atoms with Crippen LogP contribution in [0.2, 0.25) is 5.02 Å². The van der Waals surface area contributed by atoms with E-state index in [9.17, 15) is 14.0 Å². The molecule has 0 heterocycles. The minimum absolute atomic E-state index is 0.0265. The van der Waals surface area contributed by atoms with E-state index in [1.807, 2.05) is 69.2 Å². The predicted molar refractivity (Wildman–Crippen MR) is 231 cm³/mol. The number of rotatable bonds is 17. The molecule has 4 aromatic rings. The lowest BCUT2D eigenvalue weighted by atomic mass is 10.1. The molecule has 0 saturated carbocycles. The second-order valence-corrected chi connectivity index (χ2v) is 15.4. The summed E-state index contributed by atoms with van der Waals surface area (Å²) in [5.41, 5.74) is 6.00. The molecule has 0 saturated heterocycles. The molecule has 10 nitrogen and oxygen atoms in total. The Morgan fingerprint density at radius 2 is 1.17 bits per heavy atom. The van der Waals surface area contributed by atoms with E-state index in [0.29, 0.717) is 49.0 Å². The van der Waals surface area contributed by atoms with E-state index in [0.717, 1.165) is 44.7 Å². The summed E-state index contributed by atoms with van der Waals surface area (Å²) in [6, 6.07) is 21.4. The molecule has 0 aliphatic heterocycles. The van der Waals surface area contributed by atoms with Crippen molar-refractivity contribution in [3.8, 4) is 0 Å². The molecule has 0 radical (unpaired) electrons. The topological polar surface area (TPSA) is 129 Å². The first-order valence-corrected chi connectivity index (χ1v) is 19.7. The van der Waals surface area contributed by atoms with Crippen LogP contribution in [0.3, 0.4) is 0 Å². The average Bonchev–Trinajstić information content (AvgIpc) is 3.10. The van der Waals surface area contributed by atoms with Crippen molar-refractivity contribution in [2.45, 2.75) is 20.3 Å². The molecule has 6 N–H and O–H groups in total. The third-order valence-corrected chi connectivity index (χ3v) is 9.56. The lowest BCUT2D eigenvalue weighted by Gasteiger charge is -2.20. The number of hydrogen-bond acceptors (Lipinski definition) is 8. The summed E-state index contributed by atoms with van der Waals surface area (Å²) >= 11 is 10.6. The van der Waals surface area contributed by atoms with Gasteiger partial charge in [-0.2, -0.15) is 0 Å². The van der Waals surface area contributed by atoms with E-state index in [2.05, 4.69) is 77.4 Å². The van der Waals surface area contributed by atoms with Gasteiger partial charge in [-0.05, 0) is 170 Å². The number of aliphatic hydroxyl groups excluding tert-OH is 2. The fraction of sp³-hybridized carbons (Fsp3) is 0.333. The summed E-state index contributed by atoms with van der Waals surface area (Å²) in [4.78, 5) is 29.1. The van der Waals surface area contributed by atoms with E-state index in [4.69, 9.17) is 21.8 Å². The smallest absolute Gasteiger partial charge is 0.253 e. The van der Waals surface area contributed by atoms with Gasteiger partial charge in [-0.15, -0.1) is 0 Å². The number of anilines is 4. The van der Waals surface area contributed by atoms with Gasteiger partial charge in [0.1, 0.15) is 5.82 Å². The van der Waals surface area contributed by atoms with Gasteiger partial charge in [-0.1, -0.05) is 11.6 Å². The first-order valence-electron chi connectivity index (χ1n) is 17.1. The highest BCUT2D eigenvalue weighted by molar-refractivity contribution is 14.1. The summed E-state index contributed by atoms with van der Waals surface area (Å²) in [5.74, 6) is -0.998. The third kappa shape index (κ3) is 15.3. The minimum atomic E-state index is -0.489. The van der Waals surface area contributed by atoms with Gasteiger partial charge in [0, 0.05) is 56.3 Å². The maximum Gasteiger partial charge on any atom is 0.253 e. The van der Waals surface area contributed by atoms with Gasteiger partial charge >= 0.3 is 0 Å². The molecule has 0 aromatic heterocycles. The van der Waals surface area contributed by atoms with E-state index in [1.54, 1.807) is 18.2 Å². The molecule has 2 amide bonds. The van der Waals surface area contributed by atoms with E-state index >= 15 is 0 Å². The fourth-order valence-corrected chi connectivity index (χ4v) is 6.65. The van der Waals surface area contributed by atoms with Gasteiger partial charge in [-0.3, -0.25) is 14.5 Å². The van der Waals surface area contributed by atoms with Crippen LogP contribution in [0, 0.1) is 26.8 Å². The highest BCUT2D eigenvalue weighted by Crippen LogP contribution is 2.28. The molecule has 0 unspecified atom stereocenters. The molecule has 0 atom stereocenters. The molecule has 0 bridgehead atoms. The van der Waals surface area contributed by atoms with Gasteiger partial charge < -0.3 is 36.4 Å². The standard InChI is InChI=1S/C20H25FIN3O3.C19H23ClIN3O/c1-14-12-16(22)3-5-18(14)24-19-4-2-15(21)13-17(19)20(28)23-6-7-25(8-10-26)9-11-27;1-13-11-15(21)6-8-17(13)23-18-7-5-14(20)12-16(18)19(25)22-9-4-10-24(2)3/h2-5,12-13,24,26-27H,6-11H2,1H3,(H,23,28);5-8,11-12,23H,4,9-10H2,1-3H3,(H,22,25). The van der Waals surface area contributed by atoms with Crippen molar-refractivity contribution >= 4 is 91.3 Å². The molecule has 53 heavy (non-hydrogen) atoms. The first-order chi connectivity index (χ1) is 25.3. The van der Waals surface area contributed by atoms with E-state index < -0.39 is 11.7 Å². The van der Waals surface area contributed by atoms with Crippen LogP contribution in [0.15, 0.2) is 72.8 Å². The van der Waals surface area contributed by atoms with Crippen molar-refractivity contribution in [1.29, 1.82) is 0 Å². The number of carbonyl (C=O) groups excluding carboxylic acids is 2. The van der Waals surface area contributed by atoms with Crippen LogP contribution in [0.25, 0.3) is 0 Å². The minimum Gasteiger partial charge on any atom is -0.395 e. The number of aliphatic hydroxyl groups is 2. The Balaban J connectivity index is 0.000000287. The Hall–Kier alpha value is -3.06. The third-order valence-electron chi connectivity index (χ3n) is 7.98. The van der Waals surface area contributed by atoms with Gasteiger partial charge in [0.15, 0.2) is 0 Å². The first kappa shape index (κ1) is 44.3. The summed E-state index contributed by atoms with van der Waals surface area (Å²) < 4.78 is 16.0. The zero-order valence-electron chi connectivity index (χ0n) is 30.4. The van der Waals surface area contributed by atoms with Crippen molar-refractivity contribution in [3.05, 3.63) is 113 Å². The number of hydrogen-bond donors (Lipinski definition) is 6. The van der Waals surface area contributed by atoms with Crippen molar-refractivity contribution < 1.29 is 24.2 Å². The molecule has 0 spiro atoms. The van der Waals surface area contributed by atoms with E-state index in [-0.39, 0.29) is 24.7 Å². The number of benzene rings is 4. The zero-order chi connectivity index (χ0) is 38.9. The van der Waals surface area contributed by atoms with Gasteiger partial charge in [-0.25, -0.2) is 4.39 Å². The van der Waals surface area contributed by atoms with Crippen molar-refractivity contribution in [3.63, 3.8) is 0 Å². The fourth-order valence-electron chi connectivity index (χ4n) is 5.18. The lowest BCUT2D eigenvalue weighted by molar-refractivity contribution is 0.0939. The zero-order valence-corrected chi connectivity index (χ0v) is 35.5. The molecular formula is C39H48ClFI2N6O4. The molecule has 4 rings (SSSR count). The van der Waals surface area contributed by atoms with Crippen LogP contribution in [0.1, 0.15) is 38.3 Å². The SMILES string of the molecule is Cc1cc(I)ccc1Nc1ccc(Cl)cc1C(=O)NCCCN(C)C.Cc1cc(I)ccc1Nc1ccc(F)cc1C(=O)NCCN(CCO)CCO. The highest BCUT2D eigenvalue weighted by atomic mass is 127. The quantitative estimate of drug-likeness (QED) is 0.0486. The van der Waals surface area contributed by atoms with Crippen LogP contribution in [-0.4, -0.2) is 98.4 Å². The van der Waals surface area contributed by atoms with Gasteiger partial charge in [0.05, 0.1) is 35.7 Å². The summed E-state index contributed by atoms with van der Waals surface area (Å²) in [7, 11) is 4.04. The molecule has 4 aromatic carbocycles. The van der Waals surface area contributed by atoms with Gasteiger partial charge in [0.2, 0.25) is 0 Å². The summed E-state index contributed by atoms with van der Waals surface area (Å²) in [5, 5.41) is 30.9. The monoisotopic (exact) mass is 972 g/mol. The Bertz CT molecular complexity index is 1810. The number of carbonyl (C=O) groups is 2. The van der Waals surface area contributed by atoms with Crippen LogP contribution in [-0.2, 0) is 0 Å². The van der Waals surface area contributed by atoms with Crippen LogP contribution < -0.4 is 21.3 Å². The average molecular weight is 973 g/mol. The lowest BCUT2D eigenvalue weighted by Crippen LogP contribution is -2.38. The number of halogens is 4. The summed E-state index contributed by atoms with van der Waals surface area (Å²) in [6.45, 7) is 7.13. The second-order valence-electron chi connectivity index (χ2n) is 12.5. The Morgan fingerprint density at radius 3 is 1.68 bits per heavy atom. The molecular weight excluding hydrogens is 925 g/mol. The molecule has 0 aliphatic carbocycles. The van der Waals surface area contributed by atoms with Crippen molar-refractivity contribution in [2.24, 2.45) is 0 Å².